The van der Waals surface area contributed by atoms with Crippen LogP contribution in [0.1, 0.15) is 36.3 Å². The van der Waals surface area contributed by atoms with E-state index < -0.39 is 0 Å². The van der Waals surface area contributed by atoms with E-state index in [0.717, 1.165) is 19.0 Å². The molecule has 1 atom stereocenters. The van der Waals surface area contributed by atoms with E-state index in [4.69, 9.17) is 0 Å². The van der Waals surface area contributed by atoms with Gasteiger partial charge in [0.2, 0.25) is 0 Å². The van der Waals surface area contributed by atoms with Crippen molar-refractivity contribution in [3.63, 3.8) is 0 Å². The molecule has 4 heteroatoms. The molecular formula is C12H19N3S. The Morgan fingerprint density at radius 1 is 1.56 bits per heavy atom. The van der Waals surface area contributed by atoms with E-state index >= 15 is 0 Å². The molecular weight excluding hydrogens is 218 g/mol. The molecule has 0 amide bonds. The summed E-state index contributed by atoms with van der Waals surface area (Å²) in [6, 6.07) is 0.631. The fourth-order valence-corrected chi connectivity index (χ4v) is 3.34. The van der Waals surface area contributed by atoms with Gasteiger partial charge in [0.1, 0.15) is 0 Å². The van der Waals surface area contributed by atoms with Crippen LogP contribution in [0.15, 0.2) is 5.51 Å². The molecule has 3 nitrogen and oxygen atoms in total. The van der Waals surface area contributed by atoms with E-state index in [1.807, 2.05) is 16.8 Å². The minimum absolute atomic E-state index is 0.631. The van der Waals surface area contributed by atoms with Crippen molar-refractivity contribution in [3.05, 3.63) is 16.1 Å². The second-order valence-corrected chi connectivity index (χ2v) is 5.96. The van der Waals surface area contributed by atoms with Crippen molar-refractivity contribution >= 4 is 11.3 Å². The average Bonchev–Trinajstić information content (AvgIpc) is 3.00. The molecule has 1 aliphatic carbocycles. The van der Waals surface area contributed by atoms with E-state index in [-0.39, 0.29) is 0 Å². The van der Waals surface area contributed by atoms with Gasteiger partial charge in [0.15, 0.2) is 0 Å². The van der Waals surface area contributed by atoms with Crippen molar-refractivity contribution < 1.29 is 0 Å². The fraction of sp³-hybridized carbons (Fsp3) is 0.750. The highest BCUT2D eigenvalue weighted by molar-refractivity contribution is 7.09. The first-order valence-electron chi connectivity index (χ1n) is 6.21. The predicted octanol–water partition coefficient (Wildman–Crippen LogP) is 1.81. The number of aromatic nitrogens is 1. The van der Waals surface area contributed by atoms with E-state index in [1.54, 1.807) is 0 Å². The molecule has 3 rings (SSSR count). The molecule has 2 aliphatic rings. The Morgan fingerprint density at radius 2 is 2.44 bits per heavy atom. The second kappa shape index (κ2) is 4.43. The van der Waals surface area contributed by atoms with Gasteiger partial charge >= 0.3 is 0 Å². The molecule has 0 bridgehead atoms. The van der Waals surface area contributed by atoms with Gasteiger partial charge in [0, 0.05) is 43.0 Å². The third kappa shape index (κ3) is 2.29. The highest BCUT2D eigenvalue weighted by atomic mass is 32.1. The van der Waals surface area contributed by atoms with Gasteiger partial charge in [-0.2, -0.15) is 0 Å². The molecule has 1 aromatic rings. The van der Waals surface area contributed by atoms with Gasteiger partial charge in [-0.05, 0) is 19.8 Å². The first-order valence-corrected chi connectivity index (χ1v) is 7.09. The number of nitrogens with zero attached hydrogens (tertiary/aromatic N) is 2. The number of piperazine rings is 1. The van der Waals surface area contributed by atoms with Crippen LogP contribution in [-0.4, -0.2) is 35.6 Å². The monoisotopic (exact) mass is 237 g/mol. The van der Waals surface area contributed by atoms with E-state index in [0.29, 0.717) is 6.04 Å². The SMILES string of the molecule is C[C@H]1CN(Cc2scnc2C2CC2)CCN1. The van der Waals surface area contributed by atoms with E-state index in [2.05, 4.69) is 22.1 Å². The quantitative estimate of drug-likeness (QED) is 0.869. The zero-order chi connectivity index (χ0) is 11.0. The number of thiazole rings is 1. The van der Waals surface area contributed by atoms with Crippen LogP contribution in [0, 0.1) is 0 Å². The molecule has 0 radical (unpaired) electrons. The minimum Gasteiger partial charge on any atom is -0.312 e. The van der Waals surface area contributed by atoms with Crippen LogP contribution in [0.25, 0.3) is 0 Å². The summed E-state index contributed by atoms with van der Waals surface area (Å²) in [7, 11) is 0. The lowest BCUT2D eigenvalue weighted by Gasteiger charge is -2.31. The molecule has 0 aromatic carbocycles. The molecule has 0 spiro atoms. The van der Waals surface area contributed by atoms with Crippen molar-refractivity contribution in [1.82, 2.24) is 15.2 Å². The molecule has 1 N–H and O–H groups in total. The summed E-state index contributed by atoms with van der Waals surface area (Å²) >= 11 is 1.84. The Kier molecular flexibility index (Phi) is 2.96. The highest BCUT2D eigenvalue weighted by Crippen LogP contribution is 2.42. The highest BCUT2D eigenvalue weighted by Gasteiger charge is 2.29. The first kappa shape index (κ1) is 10.7. The van der Waals surface area contributed by atoms with Gasteiger partial charge in [-0.15, -0.1) is 11.3 Å². The summed E-state index contributed by atoms with van der Waals surface area (Å²) in [6.45, 7) is 6.84. The number of nitrogens with one attached hydrogen (secondary N) is 1. The summed E-state index contributed by atoms with van der Waals surface area (Å²) in [5.41, 5.74) is 3.42. The van der Waals surface area contributed by atoms with Crippen molar-refractivity contribution in [2.24, 2.45) is 0 Å². The van der Waals surface area contributed by atoms with Crippen molar-refractivity contribution in [1.29, 1.82) is 0 Å². The van der Waals surface area contributed by atoms with E-state index in [1.165, 1.54) is 36.5 Å². The summed E-state index contributed by atoms with van der Waals surface area (Å²) in [6.07, 6.45) is 2.71. The minimum atomic E-state index is 0.631. The normalized spacial score (nSPS) is 27.2. The van der Waals surface area contributed by atoms with Gasteiger partial charge in [-0.25, -0.2) is 4.98 Å². The summed E-state index contributed by atoms with van der Waals surface area (Å²) in [5.74, 6) is 0.793. The zero-order valence-electron chi connectivity index (χ0n) is 9.78. The fourth-order valence-electron chi connectivity index (χ4n) is 2.45. The largest absolute Gasteiger partial charge is 0.312 e. The predicted molar refractivity (Wildman–Crippen MR) is 66.8 cm³/mol. The maximum atomic E-state index is 4.54. The van der Waals surface area contributed by atoms with Crippen LogP contribution in [-0.2, 0) is 6.54 Å². The van der Waals surface area contributed by atoms with Crippen molar-refractivity contribution in [2.75, 3.05) is 19.6 Å². The summed E-state index contributed by atoms with van der Waals surface area (Å²) in [4.78, 5) is 8.61. The molecule has 1 saturated carbocycles. The Morgan fingerprint density at radius 3 is 3.19 bits per heavy atom. The first-order chi connectivity index (χ1) is 7.83. The Balaban J connectivity index is 1.66. The molecule has 1 aliphatic heterocycles. The molecule has 16 heavy (non-hydrogen) atoms. The van der Waals surface area contributed by atoms with E-state index in [9.17, 15) is 0 Å². The van der Waals surface area contributed by atoms with Gasteiger partial charge in [0.05, 0.1) is 11.2 Å². The smallest absolute Gasteiger partial charge is 0.0798 e. The van der Waals surface area contributed by atoms with Crippen LogP contribution >= 0.6 is 11.3 Å². The second-order valence-electron chi connectivity index (χ2n) is 5.03. The zero-order valence-corrected chi connectivity index (χ0v) is 10.6. The van der Waals surface area contributed by atoms with Crippen LogP contribution < -0.4 is 5.32 Å². The number of rotatable bonds is 3. The standard InChI is InChI=1S/C12H19N3S/c1-9-6-15(5-4-13-9)7-11-12(10-2-3-10)14-8-16-11/h8-10,13H,2-7H2,1H3/t9-/m0/s1. The van der Waals surface area contributed by atoms with Crippen molar-refractivity contribution in [3.8, 4) is 0 Å². The van der Waals surface area contributed by atoms with Crippen LogP contribution in [0.4, 0.5) is 0 Å². The summed E-state index contributed by atoms with van der Waals surface area (Å²) in [5, 5.41) is 3.49. The lowest BCUT2D eigenvalue weighted by atomic mass is 10.2. The summed E-state index contributed by atoms with van der Waals surface area (Å²) < 4.78 is 0. The van der Waals surface area contributed by atoms with Crippen LogP contribution in [0.3, 0.4) is 0 Å². The lowest BCUT2D eigenvalue weighted by molar-refractivity contribution is 0.200. The maximum absolute atomic E-state index is 4.54. The van der Waals surface area contributed by atoms with Crippen molar-refractivity contribution in [2.45, 2.75) is 38.3 Å². The molecule has 1 saturated heterocycles. The molecule has 0 unspecified atom stereocenters. The molecule has 2 fully saturated rings. The van der Waals surface area contributed by atoms with Crippen LogP contribution in [0.5, 0.6) is 0 Å². The lowest BCUT2D eigenvalue weighted by Crippen LogP contribution is -2.48. The van der Waals surface area contributed by atoms with Gasteiger partial charge < -0.3 is 5.32 Å². The third-order valence-corrected chi connectivity index (χ3v) is 4.29. The Bertz CT molecular complexity index is 359. The third-order valence-electron chi connectivity index (χ3n) is 3.46. The number of hydrogen-bond acceptors (Lipinski definition) is 4. The van der Waals surface area contributed by atoms with Gasteiger partial charge in [-0.1, -0.05) is 0 Å². The van der Waals surface area contributed by atoms with Crippen LogP contribution in [0.2, 0.25) is 0 Å². The van der Waals surface area contributed by atoms with Gasteiger partial charge in [-0.3, -0.25) is 4.90 Å². The average molecular weight is 237 g/mol. The maximum Gasteiger partial charge on any atom is 0.0798 e. The number of hydrogen-bond donors (Lipinski definition) is 1. The topological polar surface area (TPSA) is 28.2 Å². The Labute approximate surface area is 101 Å². The molecule has 1 aromatic heterocycles. The molecule has 2 heterocycles. The van der Waals surface area contributed by atoms with Gasteiger partial charge in [0.25, 0.3) is 0 Å². The molecule has 88 valence electrons. The Hall–Kier alpha value is -0.450.